The number of nitrogens with zero attached hydrogens (tertiary/aromatic N) is 3. The normalized spacial score (nSPS) is 11.2. The first-order valence-electron chi connectivity index (χ1n) is 8.10. The van der Waals surface area contributed by atoms with Gasteiger partial charge in [0.1, 0.15) is 0 Å². The molecule has 0 atom stereocenters. The number of halogens is 4. The van der Waals surface area contributed by atoms with Gasteiger partial charge in [-0.25, -0.2) is 19.7 Å². The number of urea groups is 1. The first-order valence-corrected chi connectivity index (χ1v) is 9.30. The van der Waals surface area contributed by atoms with Crippen molar-refractivity contribution in [3.8, 4) is 10.6 Å². The number of benzene rings is 1. The highest BCUT2D eigenvalue weighted by Crippen LogP contribution is 2.36. The van der Waals surface area contributed by atoms with Crippen LogP contribution in [-0.2, 0) is 6.18 Å². The van der Waals surface area contributed by atoms with Crippen molar-refractivity contribution in [3.05, 3.63) is 46.7 Å². The van der Waals surface area contributed by atoms with E-state index in [2.05, 4.69) is 30.9 Å². The van der Waals surface area contributed by atoms with Gasteiger partial charge in [0, 0.05) is 18.9 Å². The zero-order valence-corrected chi connectivity index (χ0v) is 16.6. The average molecular weight is 443 g/mol. The second kappa shape index (κ2) is 8.21. The number of hydrogen-bond donors (Lipinski definition) is 3. The topological polar surface area (TPSA) is 91.8 Å². The zero-order chi connectivity index (χ0) is 21.2. The maximum Gasteiger partial charge on any atom is 0.417 e. The third kappa shape index (κ3) is 4.93. The van der Waals surface area contributed by atoms with Crippen molar-refractivity contribution in [2.75, 3.05) is 23.0 Å². The van der Waals surface area contributed by atoms with Gasteiger partial charge in [0.25, 0.3) is 0 Å². The van der Waals surface area contributed by atoms with E-state index in [0.29, 0.717) is 17.3 Å². The number of thiazole rings is 1. The molecule has 3 N–H and O–H groups in total. The van der Waals surface area contributed by atoms with Gasteiger partial charge < -0.3 is 10.6 Å². The molecule has 0 bridgehead atoms. The van der Waals surface area contributed by atoms with Crippen LogP contribution in [0.1, 0.15) is 11.3 Å². The van der Waals surface area contributed by atoms with Crippen LogP contribution in [0.3, 0.4) is 0 Å². The van der Waals surface area contributed by atoms with E-state index in [4.69, 9.17) is 11.6 Å². The molecule has 0 aliphatic rings. The van der Waals surface area contributed by atoms with Crippen molar-refractivity contribution in [1.82, 2.24) is 15.0 Å². The second-order valence-corrected chi connectivity index (χ2v) is 7.13. The number of carbonyl (C=O) groups is 1. The van der Waals surface area contributed by atoms with Gasteiger partial charge in [-0.15, -0.1) is 0 Å². The third-order valence-electron chi connectivity index (χ3n) is 3.66. The second-order valence-electron chi connectivity index (χ2n) is 5.72. The highest BCUT2D eigenvalue weighted by molar-refractivity contribution is 7.19. The summed E-state index contributed by atoms with van der Waals surface area (Å²) in [5.41, 5.74) is 0.174. The minimum Gasteiger partial charge on any atom is -0.357 e. The number of anilines is 3. The van der Waals surface area contributed by atoms with Crippen LogP contribution in [-0.4, -0.2) is 28.0 Å². The van der Waals surface area contributed by atoms with Gasteiger partial charge in [-0.1, -0.05) is 22.9 Å². The third-order valence-corrected chi connectivity index (χ3v) is 5.08. The molecule has 7 nitrogen and oxygen atoms in total. The van der Waals surface area contributed by atoms with Gasteiger partial charge in [0.15, 0.2) is 5.13 Å². The van der Waals surface area contributed by atoms with E-state index in [0.717, 1.165) is 17.0 Å². The van der Waals surface area contributed by atoms with E-state index in [-0.39, 0.29) is 10.8 Å². The Kier molecular flexibility index (Phi) is 5.89. The Morgan fingerprint density at radius 3 is 2.62 bits per heavy atom. The molecule has 0 saturated carbocycles. The molecule has 0 unspecified atom stereocenters. The number of aromatic nitrogens is 3. The van der Waals surface area contributed by atoms with Crippen LogP contribution in [0, 0.1) is 6.92 Å². The maximum atomic E-state index is 12.9. The summed E-state index contributed by atoms with van der Waals surface area (Å²) in [5, 5.41) is 7.50. The molecular formula is C17H14ClF3N6OS. The maximum absolute atomic E-state index is 12.9. The molecular weight excluding hydrogens is 429 g/mol. The SMILES string of the molecule is CNc1nccc(-c2sc(NC(=O)Nc3ccc(Cl)c(C(F)(F)F)c3)nc2C)n1. The largest absolute Gasteiger partial charge is 0.417 e. The molecule has 29 heavy (non-hydrogen) atoms. The molecule has 152 valence electrons. The summed E-state index contributed by atoms with van der Waals surface area (Å²) < 4.78 is 38.8. The summed E-state index contributed by atoms with van der Waals surface area (Å²) >= 11 is 6.75. The number of carbonyl (C=O) groups excluding carboxylic acids is 1. The van der Waals surface area contributed by atoms with Crippen LogP contribution in [0.2, 0.25) is 5.02 Å². The van der Waals surface area contributed by atoms with E-state index in [1.807, 2.05) is 0 Å². The molecule has 12 heteroatoms. The quantitative estimate of drug-likeness (QED) is 0.512. The number of aryl methyl sites for hydroxylation is 1. The van der Waals surface area contributed by atoms with Crippen molar-refractivity contribution in [2.45, 2.75) is 13.1 Å². The fourth-order valence-electron chi connectivity index (χ4n) is 2.37. The minimum atomic E-state index is -4.63. The van der Waals surface area contributed by atoms with Crippen LogP contribution < -0.4 is 16.0 Å². The predicted octanol–water partition coefficient (Wildman–Crippen LogP) is 5.27. The minimum absolute atomic E-state index is 0.0535. The van der Waals surface area contributed by atoms with E-state index in [9.17, 15) is 18.0 Å². The molecule has 0 saturated heterocycles. The number of nitrogens with one attached hydrogen (secondary N) is 3. The molecule has 1 aromatic carbocycles. The lowest BCUT2D eigenvalue weighted by Crippen LogP contribution is -2.19. The van der Waals surface area contributed by atoms with Crippen molar-refractivity contribution >= 4 is 45.7 Å². The highest BCUT2D eigenvalue weighted by Gasteiger charge is 2.33. The molecule has 0 aliphatic carbocycles. The Hall–Kier alpha value is -2.92. The molecule has 2 aromatic heterocycles. The van der Waals surface area contributed by atoms with Crippen LogP contribution in [0.25, 0.3) is 10.6 Å². The summed E-state index contributed by atoms with van der Waals surface area (Å²) in [6, 6.07) is 4.08. The van der Waals surface area contributed by atoms with Crippen LogP contribution in [0.15, 0.2) is 30.5 Å². The lowest BCUT2D eigenvalue weighted by molar-refractivity contribution is -0.137. The summed E-state index contributed by atoms with van der Waals surface area (Å²) in [6.07, 6.45) is -3.04. The van der Waals surface area contributed by atoms with Gasteiger partial charge in [0.05, 0.1) is 26.9 Å². The van der Waals surface area contributed by atoms with Crippen molar-refractivity contribution in [2.24, 2.45) is 0 Å². The molecule has 2 amide bonds. The van der Waals surface area contributed by atoms with Gasteiger partial charge >= 0.3 is 12.2 Å². The number of hydrogen-bond acceptors (Lipinski definition) is 6. The average Bonchev–Trinajstić information content (AvgIpc) is 3.02. The standard InChI is InChI=1S/C17H14ClF3N6OS/c1-8-13(12-5-6-23-14(22-2)26-12)29-16(24-8)27-15(28)25-9-3-4-11(18)10(7-9)17(19,20)21/h3-7H,1-2H3,(H,22,23,26)(H2,24,25,27,28). The van der Waals surface area contributed by atoms with Crippen LogP contribution in [0.4, 0.5) is 34.7 Å². The van der Waals surface area contributed by atoms with Crippen molar-refractivity contribution < 1.29 is 18.0 Å². The molecule has 0 aliphatic heterocycles. The Morgan fingerprint density at radius 2 is 1.93 bits per heavy atom. The summed E-state index contributed by atoms with van der Waals surface area (Å²) in [5.74, 6) is 0.436. The number of alkyl halides is 3. The molecule has 3 aromatic rings. The van der Waals surface area contributed by atoms with E-state index in [1.54, 1.807) is 26.2 Å². The fraction of sp³-hybridized carbons (Fsp3) is 0.176. The Labute approximate surface area is 172 Å². The molecule has 0 spiro atoms. The summed E-state index contributed by atoms with van der Waals surface area (Å²) in [6.45, 7) is 1.75. The van der Waals surface area contributed by atoms with Crippen molar-refractivity contribution in [1.29, 1.82) is 0 Å². The zero-order valence-electron chi connectivity index (χ0n) is 15.1. The highest BCUT2D eigenvalue weighted by atomic mass is 35.5. The van der Waals surface area contributed by atoms with E-state index >= 15 is 0 Å². The van der Waals surface area contributed by atoms with Crippen LogP contribution in [0.5, 0.6) is 0 Å². The van der Waals surface area contributed by atoms with Gasteiger partial charge in [0.2, 0.25) is 5.95 Å². The Balaban J connectivity index is 1.75. The number of amides is 2. The molecule has 3 rings (SSSR count). The number of rotatable bonds is 4. The van der Waals surface area contributed by atoms with E-state index < -0.39 is 22.8 Å². The first kappa shape index (κ1) is 20.8. The van der Waals surface area contributed by atoms with Crippen LogP contribution >= 0.6 is 22.9 Å². The summed E-state index contributed by atoms with van der Waals surface area (Å²) in [4.78, 5) is 25.5. The lowest BCUT2D eigenvalue weighted by Gasteiger charge is -2.11. The van der Waals surface area contributed by atoms with E-state index in [1.165, 1.54) is 17.4 Å². The lowest BCUT2D eigenvalue weighted by atomic mass is 10.2. The molecule has 0 fully saturated rings. The van der Waals surface area contributed by atoms with Gasteiger partial charge in [-0.2, -0.15) is 13.2 Å². The molecule has 2 heterocycles. The Bertz CT molecular complexity index is 1060. The van der Waals surface area contributed by atoms with Gasteiger partial charge in [-0.3, -0.25) is 5.32 Å². The monoisotopic (exact) mass is 442 g/mol. The smallest absolute Gasteiger partial charge is 0.357 e. The van der Waals surface area contributed by atoms with Gasteiger partial charge in [-0.05, 0) is 31.2 Å². The predicted molar refractivity (Wildman–Crippen MR) is 107 cm³/mol. The first-order chi connectivity index (χ1) is 13.7. The fourth-order valence-corrected chi connectivity index (χ4v) is 3.53. The molecule has 0 radical (unpaired) electrons. The Morgan fingerprint density at radius 1 is 1.17 bits per heavy atom. The van der Waals surface area contributed by atoms with Crippen molar-refractivity contribution in [3.63, 3.8) is 0 Å². The summed E-state index contributed by atoms with van der Waals surface area (Å²) in [7, 11) is 1.69.